The van der Waals surface area contributed by atoms with E-state index in [1.165, 1.54) is 13.8 Å². The largest absolute Gasteiger partial charge is 0.331 e. The van der Waals surface area contributed by atoms with E-state index < -0.39 is 29.3 Å². The summed E-state index contributed by atoms with van der Waals surface area (Å²) in [4.78, 5) is 35.9. The maximum absolute atomic E-state index is 12.0. The molecule has 0 aromatic heterocycles. The predicted molar refractivity (Wildman–Crippen MR) is 57.1 cm³/mol. The van der Waals surface area contributed by atoms with Gasteiger partial charge in [0.05, 0.1) is 0 Å². The predicted octanol–water partition coefficient (Wildman–Crippen LogP) is 0.503. The van der Waals surface area contributed by atoms with E-state index >= 15 is 0 Å². The average molecular weight is 222 g/mol. The molecule has 1 rings (SSSR count). The van der Waals surface area contributed by atoms with E-state index in [1.807, 2.05) is 0 Å². The molecule has 0 spiro atoms. The summed E-state index contributed by atoms with van der Waals surface area (Å²) in [5.41, 5.74) is -1.23. The number of barbiturate groups is 1. The van der Waals surface area contributed by atoms with E-state index in [2.05, 4.69) is 11.2 Å². The highest BCUT2D eigenvalue weighted by Crippen LogP contribution is 2.25. The normalized spacial score (nSPS) is 21.4. The minimum atomic E-state index is -1.23. The molecule has 1 aliphatic heterocycles. The van der Waals surface area contributed by atoms with E-state index in [9.17, 15) is 14.4 Å². The van der Waals surface area contributed by atoms with E-state index in [0.29, 0.717) is 0 Å². The number of nitrogens with one attached hydrogen (secondary N) is 1. The van der Waals surface area contributed by atoms with Gasteiger partial charge in [-0.2, -0.15) is 0 Å². The molecule has 1 fully saturated rings. The first-order valence-electron chi connectivity index (χ1n) is 4.95. The number of hydrogen-bond acceptors (Lipinski definition) is 3. The van der Waals surface area contributed by atoms with Crippen LogP contribution in [0.2, 0.25) is 0 Å². The molecule has 0 bridgehead atoms. The van der Waals surface area contributed by atoms with Gasteiger partial charge in [0.2, 0.25) is 11.8 Å². The van der Waals surface area contributed by atoms with Crippen LogP contribution in [0.25, 0.3) is 0 Å². The molecule has 1 N–H and O–H groups in total. The van der Waals surface area contributed by atoms with Gasteiger partial charge in [-0.3, -0.25) is 19.8 Å². The summed E-state index contributed by atoms with van der Waals surface area (Å²) >= 11 is 0. The second-order valence-corrected chi connectivity index (χ2v) is 4.32. The van der Waals surface area contributed by atoms with Gasteiger partial charge in [0.1, 0.15) is 5.41 Å². The van der Waals surface area contributed by atoms with Gasteiger partial charge in [-0.05, 0) is 20.8 Å². The highest BCUT2D eigenvalue weighted by atomic mass is 16.2. The van der Waals surface area contributed by atoms with Crippen LogP contribution in [0.5, 0.6) is 0 Å². The molecule has 0 aromatic rings. The zero-order valence-electron chi connectivity index (χ0n) is 9.53. The summed E-state index contributed by atoms with van der Waals surface area (Å²) in [6.45, 7) is 4.63. The van der Waals surface area contributed by atoms with Crippen LogP contribution in [0.15, 0.2) is 0 Å². The van der Waals surface area contributed by atoms with E-state index in [1.54, 1.807) is 6.92 Å². The topological polar surface area (TPSA) is 66.5 Å². The van der Waals surface area contributed by atoms with E-state index in [-0.39, 0.29) is 6.42 Å². The van der Waals surface area contributed by atoms with Crippen molar-refractivity contribution in [2.75, 3.05) is 0 Å². The number of terminal acetylenes is 1. The minimum absolute atomic E-state index is 0.267. The fraction of sp³-hybridized carbons (Fsp3) is 0.545. The molecule has 4 amide bonds. The Morgan fingerprint density at radius 1 is 1.44 bits per heavy atom. The number of imide groups is 2. The summed E-state index contributed by atoms with van der Waals surface area (Å²) in [7, 11) is 0. The Bertz CT molecular complexity index is 393. The van der Waals surface area contributed by atoms with E-state index in [4.69, 9.17) is 6.42 Å². The summed E-state index contributed by atoms with van der Waals surface area (Å²) in [6, 6.07) is -1.11. The smallest absolute Gasteiger partial charge is 0.277 e. The summed E-state index contributed by atoms with van der Waals surface area (Å²) in [5, 5.41) is 2.15. The van der Waals surface area contributed by atoms with Crippen molar-refractivity contribution in [3.05, 3.63) is 0 Å². The van der Waals surface area contributed by atoms with Gasteiger partial charge >= 0.3 is 6.03 Å². The van der Waals surface area contributed by atoms with Crippen molar-refractivity contribution in [2.24, 2.45) is 5.41 Å². The first kappa shape index (κ1) is 12.2. The summed E-state index contributed by atoms with van der Waals surface area (Å²) in [5.74, 6) is 1.30. The van der Waals surface area contributed by atoms with Gasteiger partial charge in [-0.25, -0.2) is 4.79 Å². The van der Waals surface area contributed by atoms with Crippen molar-refractivity contribution >= 4 is 17.8 Å². The molecule has 5 nitrogen and oxygen atoms in total. The van der Waals surface area contributed by atoms with Gasteiger partial charge in [0.25, 0.3) is 0 Å². The lowest BCUT2D eigenvalue weighted by Crippen LogP contribution is -2.63. The maximum atomic E-state index is 12.0. The molecule has 1 unspecified atom stereocenters. The van der Waals surface area contributed by atoms with Gasteiger partial charge in [-0.15, -0.1) is 12.3 Å². The lowest BCUT2D eigenvalue weighted by Gasteiger charge is -2.37. The molecule has 1 heterocycles. The highest BCUT2D eigenvalue weighted by Gasteiger charge is 2.48. The van der Waals surface area contributed by atoms with Crippen LogP contribution < -0.4 is 5.32 Å². The third kappa shape index (κ3) is 1.78. The van der Waals surface area contributed by atoms with Crippen molar-refractivity contribution in [1.29, 1.82) is 0 Å². The number of nitrogens with zero attached hydrogens (tertiary/aromatic N) is 1. The Kier molecular flexibility index (Phi) is 3.04. The monoisotopic (exact) mass is 222 g/mol. The molecule has 86 valence electrons. The van der Waals surface area contributed by atoms with Crippen LogP contribution in [0.3, 0.4) is 0 Å². The number of hydrogen-bond donors (Lipinski definition) is 1. The molecule has 0 aromatic carbocycles. The second kappa shape index (κ2) is 3.97. The van der Waals surface area contributed by atoms with Gasteiger partial charge < -0.3 is 0 Å². The molecule has 5 heteroatoms. The zero-order chi connectivity index (χ0) is 12.5. The molecule has 0 radical (unpaired) electrons. The molecule has 16 heavy (non-hydrogen) atoms. The van der Waals surface area contributed by atoms with Crippen LogP contribution in [-0.4, -0.2) is 28.8 Å². The molecule has 1 saturated heterocycles. The quantitative estimate of drug-likeness (QED) is 0.546. The lowest BCUT2D eigenvalue weighted by molar-refractivity contribution is -0.150. The van der Waals surface area contributed by atoms with Crippen molar-refractivity contribution < 1.29 is 14.4 Å². The molecular formula is C11H14N2O3. The number of amides is 4. The Morgan fingerprint density at radius 2 is 2.00 bits per heavy atom. The Morgan fingerprint density at radius 3 is 2.50 bits per heavy atom. The number of rotatable bonds is 2. The van der Waals surface area contributed by atoms with Gasteiger partial charge in [0, 0.05) is 12.5 Å². The number of urea groups is 1. The van der Waals surface area contributed by atoms with Crippen LogP contribution >= 0.6 is 0 Å². The second-order valence-electron chi connectivity index (χ2n) is 4.32. The first-order chi connectivity index (χ1) is 7.32. The zero-order valence-corrected chi connectivity index (χ0v) is 9.53. The number of carbonyl (C=O) groups is 3. The number of carbonyl (C=O) groups excluding carboxylic acids is 3. The van der Waals surface area contributed by atoms with E-state index in [0.717, 1.165) is 4.90 Å². The Balaban J connectivity index is 3.02. The van der Waals surface area contributed by atoms with Crippen LogP contribution in [-0.2, 0) is 9.59 Å². The minimum Gasteiger partial charge on any atom is -0.277 e. The summed E-state index contributed by atoms with van der Waals surface area (Å²) in [6.07, 6.45) is 5.40. The summed E-state index contributed by atoms with van der Waals surface area (Å²) < 4.78 is 0. The highest BCUT2D eigenvalue weighted by molar-refractivity contribution is 6.18. The van der Waals surface area contributed by atoms with Crippen LogP contribution in [0.1, 0.15) is 27.2 Å². The molecular weight excluding hydrogens is 208 g/mol. The van der Waals surface area contributed by atoms with Crippen LogP contribution in [0.4, 0.5) is 4.79 Å². The van der Waals surface area contributed by atoms with Crippen molar-refractivity contribution in [3.63, 3.8) is 0 Å². The van der Waals surface area contributed by atoms with Gasteiger partial charge in [-0.1, -0.05) is 0 Å². The fourth-order valence-electron chi connectivity index (χ4n) is 1.47. The van der Waals surface area contributed by atoms with Crippen molar-refractivity contribution in [1.82, 2.24) is 10.2 Å². The lowest BCUT2D eigenvalue weighted by atomic mass is 9.88. The standard InChI is InChI=1S/C11H14N2O3/c1-5-6-7(2)13-9(15)11(3,4)8(14)12-10(13)16/h1,7H,6H2,2-4H3,(H,12,14,16). The average Bonchev–Trinajstić information content (AvgIpc) is 2.16. The molecule has 0 saturated carbocycles. The first-order valence-corrected chi connectivity index (χ1v) is 4.95. The SMILES string of the molecule is C#CCC(C)N1C(=O)NC(=O)C(C)(C)C1=O. The fourth-order valence-corrected chi connectivity index (χ4v) is 1.47. The Labute approximate surface area is 94.2 Å². The Hall–Kier alpha value is -1.83. The third-order valence-electron chi connectivity index (χ3n) is 2.61. The molecule has 0 aliphatic carbocycles. The molecule has 1 aliphatic rings. The van der Waals surface area contributed by atoms with Crippen molar-refractivity contribution in [2.45, 2.75) is 33.2 Å². The third-order valence-corrected chi connectivity index (χ3v) is 2.61. The van der Waals surface area contributed by atoms with Crippen molar-refractivity contribution in [3.8, 4) is 12.3 Å². The maximum Gasteiger partial charge on any atom is 0.331 e. The van der Waals surface area contributed by atoms with Gasteiger partial charge in [0.15, 0.2) is 0 Å². The van der Waals surface area contributed by atoms with Crippen LogP contribution in [0, 0.1) is 17.8 Å². The molecule has 1 atom stereocenters.